The summed E-state index contributed by atoms with van der Waals surface area (Å²) in [5, 5.41) is 0. The second-order valence-corrected chi connectivity index (χ2v) is 5.44. The maximum Gasteiger partial charge on any atom is 0.410 e. The van der Waals surface area contributed by atoms with Crippen molar-refractivity contribution < 1.29 is 9.53 Å². The van der Waals surface area contributed by atoms with Crippen LogP contribution < -0.4 is 0 Å². The summed E-state index contributed by atoms with van der Waals surface area (Å²) in [6.07, 6.45) is -0.261. The van der Waals surface area contributed by atoms with Crippen LogP contribution in [0, 0.1) is 0 Å². The van der Waals surface area contributed by atoms with Crippen molar-refractivity contribution in [3.63, 3.8) is 0 Å². The van der Waals surface area contributed by atoms with E-state index in [0.29, 0.717) is 18.8 Å². The van der Waals surface area contributed by atoms with E-state index >= 15 is 0 Å². The Kier molecular flexibility index (Phi) is 6.83. The molecule has 4 nitrogen and oxygen atoms in total. The normalized spacial score (nSPS) is 11.7. The Morgan fingerprint density at radius 3 is 2.12 bits per heavy atom. The van der Waals surface area contributed by atoms with E-state index in [1.807, 2.05) is 39.8 Å². The molecule has 0 radical (unpaired) electrons. The van der Waals surface area contributed by atoms with E-state index in [2.05, 4.69) is 12.6 Å². The molecule has 0 saturated heterocycles. The summed E-state index contributed by atoms with van der Waals surface area (Å²) in [4.78, 5) is 15.5. The molecule has 0 bridgehead atoms. The monoisotopic (exact) mass is 248 g/mol. The lowest BCUT2D eigenvalue weighted by Gasteiger charge is -2.27. The Labute approximate surface area is 104 Å². The fourth-order valence-electron chi connectivity index (χ4n) is 1.06. The predicted octanol–water partition coefficient (Wildman–Crippen LogP) is 1.71. The number of carbonyl (C=O) groups excluding carboxylic acids is 1. The first kappa shape index (κ1) is 15.6. The van der Waals surface area contributed by atoms with Gasteiger partial charge in [0.1, 0.15) is 5.60 Å². The van der Waals surface area contributed by atoms with Gasteiger partial charge >= 0.3 is 6.09 Å². The molecule has 5 heteroatoms. The molecule has 0 fully saturated rings. The molecule has 0 aromatic heterocycles. The third-order valence-corrected chi connectivity index (χ3v) is 2.04. The molecule has 0 unspecified atom stereocenters. The van der Waals surface area contributed by atoms with Gasteiger partial charge in [-0.1, -0.05) is 0 Å². The Balaban J connectivity index is 4.23. The Morgan fingerprint density at radius 1 is 1.19 bits per heavy atom. The highest BCUT2D eigenvalue weighted by Gasteiger charge is 2.21. The third kappa shape index (κ3) is 7.82. The third-order valence-electron chi connectivity index (χ3n) is 1.84. The maximum atomic E-state index is 11.8. The molecular weight excluding hydrogens is 224 g/mol. The second kappa shape index (κ2) is 7.01. The first-order valence-corrected chi connectivity index (χ1v) is 6.13. The van der Waals surface area contributed by atoms with Crippen LogP contribution >= 0.6 is 12.6 Å². The number of amides is 1. The molecule has 0 rings (SSSR count). The molecule has 0 spiro atoms. The highest BCUT2D eigenvalue weighted by atomic mass is 32.1. The minimum atomic E-state index is -0.440. The van der Waals surface area contributed by atoms with Crippen LogP contribution in [0.4, 0.5) is 4.79 Å². The highest BCUT2D eigenvalue weighted by molar-refractivity contribution is 7.80. The number of hydrogen-bond acceptors (Lipinski definition) is 4. The van der Waals surface area contributed by atoms with Crippen LogP contribution in [0.1, 0.15) is 20.8 Å². The van der Waals surface area contributed by atoms with Crippen molar-refractivity contribution in [1.29, 1.82) is 0 Å². The van der Waals surface area contributed by atoms with E-state index in [-0.39, 0.29) is 6.09 Å². The van der Waals surface area contributed by atoms with Crippen LogP contribution in [0.15, 0.2) is 0 Å². The zero-order chi connectivity index (χ0) is 12.8. The molecule has 0 saturated carbocycles. The van der Waals surface area contributed by atoms with Crippen molar-refractivity contribution in [3.8, 4) is 0 Å². The summed E-state index contributed by atoms with van der Waals surface area (Å²) in [7, 11) is 3.96. The van der Waals surface area contributed by atoms with E-state index in [0.717, 1.165) is 6.54 Å². The number of hydrogen-bond donors (Lipinski definition) is 1. The first-order valence-electron chi connectivity index (χ1n) is 5.50. The number of ether oxygens (including phenoxy) is 1. The summed E-state index contributed by atoms with van der Waals surface area (Å²) in [6.45, 7) is 7.72. The molecule has 0 heterocycles. The largest absolute Gasteiger partial charge is 0.444 e. The molecule has 96 valence electrons. The molecule has 0 atom stereocenters. The molecule has 0 aromatic carbocycles. The van der Waals surface area contributed by atoms with Crippen LogP contribution in [-0.2, 0) is 4.74 Å². The standard InChI is InChI=1S/C11H24N2O2S/c1-11(2,3)15-10(14)13(8-9-16)7-6-12(4)5/h16H,6-9H2,1-5H3. The molecule has 16 heavy (non-hydrogen) atoms. The summed E-state index contributed by atoms with van der Waals surface area (Å²) in [5.74, 6) is 0.646. The van der Waals surface area contributed by atoms with Crippen molar-refractivity contribution in [2.24, 2.45) is 0 Å². The number of carbonyl (C=O) groups is 1. The summed E-state index contributed by atoms with van der Waals surface area (Å²) in [6, 6.07) is 0. The molecule has 0 N–H and O–H groups in total. The summed E-state index contributed by atoms with van der Waals surface area (Å²) >= 11 is 4.15. The molecule has 0 aliphatic heterocycles. The number of rotatable bonds is 5. The zero-order valence-electron chi connectivity index (χ0n) is 11.0. The first-order chi connectivity index (χ1) is 7.26. The topological polar surface area (TPSA) is 32.8 Å². The average molecular weight is 248 g/mol. The minimum Gasteiger partial charge on any atom is -0.444 e. The number of nitrogens with zero attached hydrogens (tertiary/aromatic N) is 2. The molecule has 0 aliphatic carbocycles. The Hall–Kier alpha value is -0.420. The van der Waals surface area contributed by atoms with Crippen LogP contribution in [0.5, 0.6) is 0 Å². The van der Waals surface area contributed by atoms with E-state index in [4.69, 9.17) is 4.74 Å². The van der Waals surface area contributed by atoms with Gasteiger partial charge in [-0.3, -0.25) is 0 Å². The van der Waals surface area contributed by atoms with Gasteiger partial charge < -0.3 is 14.5 Å². The SMILES string of the molecule is CN(C)CCN(CCS)C(=O)OC(C)(C)C. The second-order valence-electron chi connectivity index (χ2n) is 4.99. The molecular formula is C11H24N2O2S. The van der Waals surface area contributed by atoms with E-state index in [9.17, 15) is 4.79 Å². The lowest BCUT2D eigenvalue weighted by Crippen LogP contribution is -2.41. The fourth-order valence-corrected chi connectivity index (χ4v) is 1.30. The van der Waals surface area contributed by atoms with Crippen molar-refractivity contribution >= 4 is 18.7 Å². The van der Waals surface area contributed by atoms with Gasteiger partial charge in [-0.2, -0.15) is 12.6 Å². The Morgan fingerprint density at radius 2 is 1.75 bits per heavy atom. The molecule has 1 amide bonds. The van der Waals surface area contributed by atoms with Gasteiger partial charge in [0.15, 0.2) is 0 Å². The highest BCUT2D eigenvalue weighted by Crippen LogP contribution is 2.09. The van der Waals surface area contributed by atoms with Crippen LogP contribution in [0.2, 0.25) is 0 Å². The lowest BCUT2D eigenvalue weighted by molar-refractivity contribution is 0.0253. The minimum absolute atomic E-state index is 0.261. The van der Waals surface area contributed by atoms with Gasteiger partial charge in [-0.05, 0) is 34.9 Å². The fraction of sp³-hybridized carbons (Fsp3) is 0.909. The van der Waals surface area contributed by atoms with Gasteiger partial charge in [-0.15, -0.1) is 0 Å². The Bertz CT molecular complexity index is 215. The van der Waals surface area contributed by atoms with Gasteiger partial charge in [0.05, 0.1) is 0 Å². The van der Waals surface area contributed by atoms with E-state index in [1.165, 1.54) is 0 Å². The van der Waals surface area contributed by atoms with E-state index < -0.39 is 5.60 Å². The molecule has 0 aromatic rings. The lowest BCUT2D eigenvalue weighted by atomic mass is 10.2. The van der Waals surface area contributed by atoms with E-state index in [1.54, 1.807) is 4.90 Å². The van der Waals surface area contributed by atoms with Gasteiger partial charge in [-0.25, -0.2) is 4.79 Å². The maximum absolute atomic E-state index is 11.8. The van der Waals surface area contributed by atoms with Gasteiger partial charge in [0.2, 0.25) is 0 Å². The van der Waals surface area contributed by atoms with Crippen molar-refractivity contribution in [1.82, 2.24) is 9.80 Å². The van der Waals surface area contributed by atoms with Gasteiger partial charge in [0, 0.05) is 25.4 Å². The van der Waals surface area contributed by atoms with Gasteiger partial charge in [0.25, 0.3) is 0 Å². The van der Waals surface area contributed by atoms with Crippen LogP contribution in [-0.4, -0.2) is 61.0 Å². The quantitative estimate of drug-likeness (QED) is 0.752. The smallest absolute Gasteiger partial charge is 0.410 e. The van der Waals surface area contributed by atoms with Crippen molar-refractivity contribution in [3.05, 3.63) is 0 Å². The van der Waals surface area contributed by atoms with Crippen LogP contribution in [0.25, 0.3) is 0 Å². The van der Waals surface area contributed by atoms with Crippen LogP contribution in [0.3, 0.4) is 0 Å². The predicted molar refractivity (Wildman–Crippen MR) is 70.2 cm³/mol. The number of thiol groups is 1. The summed E-state index contributed by atoms with van der Waals surface area (Å²) < 4.78 is 5.32. The number of likely N-dealkylation sites (N-methyl/N-ethyl adjacent to an activating group) is 1. The van der Waals surface area contributed by atoms with Crippen molar-refractivity contribution in [2.45, 2.75) is 26.4 Å². The average Bonchev–Trinajstić information content (AvgIpc) is 2.08. The molecule has 0 aliphatic rings. The van der Waals surface area contributed by atoms with Crippen molar-refractivity contribution in [2.75, 3.05) is 39.5 Å². The zero-order valence-corrected chi connectivity index (χ0v) is 11.9. The summed E-state index contributed by atoms with van der Waals surface area (Å²) in [5.41, 5.74) is -0.440.